The Morgan fingerprint density at radius 2 is 1.83 bits per heavy atom. The van der Waals surface area contributed by atoms with Gasteiger partial charge in [0.15, 0.2) is 0 Å². The highest BCUT2D eigenvalue weighted by Crippen LogP contribution is 2.43. The minimum Gasteiger partial charge on any atom is -0.461 e. The van der Waals surface area contributed by atoms with E-state index in [1.807, 2.05) is 0 Å². The van der Waals surface area contributed by atoms with Crippen LogP contribution in [0.15, 0.2) is 36.4 Å². The van der Waals surface area contributed by atoms with Crippen LogP contribution in [0.2, 0.25) is 0 Å². The summed E-state index contributed by atoms with van der Waals surface area (Å²) in [6.45, 7) is 12.3. The number of aromatic nitrogens is 2. The Balaban J connectivity index is 1.14. The van der Waals surface area contributed by atoms with E-state index in [1.54, 1.807) is 0 Å². The number of nitrogens with one attached hydrogen (secondary N) is 1. The van der Waals surface area contributed by atoms with Crippen LogP contribution < -0.4 is 19.9 Å². The highest BCUT2D eigenvalue weighted by Gasteiger charge is 2.48. The fraction of sp³-hybridized carbons (Fsp3) is 0.559. The third kappa shape index (κ3) is 4.38. The zero-order chi connectivity index (χ0) is 27.6. The molecule has 0 saturated carbocycles. The Hall–Kier alpha value is -2.90. The number of hydrogen-bond acceptors (Lipinski definition) is 7. The van der Waals surface area contributed by atoms with Gasteiger partial charge in [0.1, 0.15) is 12.4 Å². The second-order valence-electron chi connectivity index (χ2n) is 13.1. The Labute approximate surface area is 244 Å². The highest BCUT2D eigenvalue weighted by molar-refractivity contribution is 5.97. The van der Waals surface area contributed by atoms with Crippen LogP contribution in [-0.4, -0.2) is 71.3 Å². The van der Waals surface area contributed by atoms with E-state index in [0.29, 0.717) is 30.7 Å². The molecule has 6 heterocycles. The van der Waals surface area contributed by atoms with Crippen molar-refractivity contribution in [2.45, 2.75) is 88.5 Å². The largest absolute Gasteiger partial charge is 0.461 e. The highest BCUT2D eigenvalue weighted by atomic mass is 16.5. The summed E-state index contributed by atoms with van der Waals surface area (Å²) in [5, 5.41) is 6.50. The van der Waals surface area contributed by atoms with Crippen molar-refractivity contribution >= 4 is 22.3 Å². The average molecular weight is 552 g/mol. The molecule has 3 aromatic rings. The van der Waals surface area contributed by atoms with Crippen LogP contribution in [0.25, 0.3) is 10.8 Å². The lowest BCUT2D eigenvalue weighted by atomic mass is 9.95. The van der Waals surface area contributed by atoms with Gasteiger partial charge in [0, 0.05) is 54.4 Å². The summed E-state index contributed by atoms with van der Waals surface area (Å²) >= 11 is 0. The number of anilines is 2. The quantitative estimate of drug-likeness (QED) is 0.468. The summed E-state index contributed by atoms with van der Waals surface area (Å²) in [4.78, 5) is 18.0. The first-order valence-electron chi connectivity index (χ1n) is 16.0. The van der Waals surface area contributed by atoms with Crippen LogP contribution in [0.4, 0.5) is 11.5 Å². The molecule has 8 rings (SSSR count). The molecule has 5 aliphatic heterocycles. The SMILES string of the molecule is [CH2]C1CCC2(COc3nc4c(c(N5C[C@H]6CC[C@@H](C5)N6)n3)CCN(c3cccc5cccc(CC)c35)C4)CCCN12. The number of rotatable bonds is 6. The standard InChI is InChI=1S/C34H43N6O/c1-3-24-7-4-8-25-9-5-10-30(31(24)25)38-18-14-28-29(21-38)36-33(37-32(28)39-19-26-11-12-27(20-39)35-26)41-22-34-15-6-17-40(34)23(2)13-16-34/h4-5,7-10,23,26-27,35H,2-3,6,11-22H2,1H3/t23?,26-,27+,34?. The lowest BCUT2D eigenvalue weighted by molar-refractivity contribution is 0.0937. The van der Waals surface area contributed by atoms with Gasteiger partial charge < -0.3 is 19.9 Å². The molecular formula is C34H43N6O. The van der Waals surface area contributed by atoms with Crippen LogP contribution in [0.1, 0.15) is 62.3 Å². The molecule has 5 aliphatic rings. The summed E-state index contributed by atoms with van der Waals surface area (Å²) in [7, 11) is 0. The molecule has 2 aromatic carbocycles. The van der Waals surface area contributed by atoms with Crippen LogP contribution in [0.5, 0.6) is 6.01 Å². The molecule has 1 aromatic heterocycles. The predicted molar refractivity (Wildman–Crippen MR) is 165 cm³/mol. The summed E-state index contributed by atoms with van der Waals surface area (Å²) in [5.74, 6) is 1.12. The molecule has 0 aliphatic carbocycles. The molecule has 2 unspecified atom stereocenters. The van der Waals surface area contributed by atoms with Crippen molar-refractivity contribution < 1.29 is 4.74 Å². The molecule has 1 N–H and O–H groups in total. The van der Waals surface area contributed by atoms with Gasteiger partial charge in [-0.25, -0.2) is 0 Å². The zero-order valence-corrected chi connectivity index (χ0v) is 24.4. The molecule has 7 nitrogen and oxygen atoms in total. The lowest BCUT2D eigenvalue weighted by Gasteiger charge is -2.38. The van der Waals surface area contributed by atoms with Crippen molar-refractivity contribution in [3.63, 3.8) is 0 Å². The fourth-order valence-corrected chi connectivity index (χ4v) is 8.66. The summed E-state index contributed by atoms with van der Waals surface area (Å²) in [6.07, 6.45) is 9.24. The first-order valence-corrected chi connectivity index (χ1v) is 16.0. The maximum Gasteiger partial charge on any atom is 0.318 e. The third-order valence-electron chi connectivity index (χ3n) is 10.7. The number of piperazine rings is 1. The van der Waals surface area contributed by atoms with Gasteiger partial charge in [-0.05, 0) is 81.9 Å². The lowest BCUT2D eigenvalue weighted by Crippen LogP contribution is -2.52. The van der Waals surface area contributed by atoms with E-state index in [-0.39, 0.29) is 5.54 Å². The first kappa shape index (κ1) is 25.8. The topological polar surface area (TPSA) is 56.8 Å². The smallest absolute Gasteiger partial charge is 0.318 e. The van der Waals surface area contributed by atoms with Crippen LogP contribution in [0, 0.1) is 6.92 Å². The number of ether oxygens (including phenoxy) is 1. The minimum atomic E-state index is 0.103. The summed E-state index contributed by atoms with van der Waals surface area (Å²) < 4.78 is 6.61. The van der Waals surface area contributed by atoms with Crippen LogP contribution >= 0.6 is 0 Å². The van der Waals surface area contributed by atoms with E-state index in [9.17, 15) is 0 Å². The number of aryl methyl sites for hydroxylation is 1. The van der Waals surface area contributed by atoms with Gasteiger partial charge >= 0.3 is 6.01 Å². The van der Waals surface area contributed by atoms with E-state index < -0.39 is 0 Å². The van der Waals surface area contributed by atoms with Gasteiger partial charge in [-0.3, -0.25) is 4.90 Å². The average Bonchev–Trinajstić information content (AvgIpc) is 3.68. The first-order chi connectivity index (χ1) is 20.1. The molecule has 4 fully saturated rings. The van der Waals surface area contributed by atoms with Crippen molar-refractivity contribution in [3.8, 4) is 6.01 Å². The predicted octanol–water partition coefficient (Wildman–Crippen LogP) is 4.91. The Morgan fingerprint density at radius 3 is 2.66 bits per heavy atom. The molecule has 0 amide bonds. The summed E-state index contributed by atoms with van der Waals surface area (Å²) in [5.41, 5.74) is 5.29. The van der Waals surface area contributed by atoms with Crippen LogP contribution in [0.3, 0.4) is 0 Å². The molecule has 41 heavy (non-hydrogen) atoms. The van der Waals surface area contributed by atoms with E-state index in [4.69, 9.17) is 14.7 Å². The Morgan fingerprint density at radius 1 is 1.00 bits per heavy atom. The van der Waals surface area contributed by atoms with Crippen molar-refractivity contribution in [1.82, 2.24) is 20.2 Å². The Bertz CT molecular complexity index is 1440. The second-order valence-corrected chi connectivity index (χ2v) is 13.1. The van der Waals surface area contributed by atoms with Gasteiger partial charge in [0.25, 0.3) is 0 Å². The minimum absolute atomic E-state index is 0.103. The number of nitrogens with zero attached hydrogens (tertiary/aromatic N) is 5. The normalized spacial score (nSPS) is 29.3. The van der Waals surface area contributed by atoms with Gasteiger partial charge in [-0.1, -0.05) is 37.3 Å². The molecule has 4 atom stereocenters. The monoisotopic (exact) mass is 551 g/mol. The third-order valence-corrected chi connectivity index (χ3v) is 10.7. The van der Waals surface area contributed by atoms with Crippen molar-refractivity contribution in [2.24, 2.45) is 0 Å². The van der Waals surface area contributed by atoms with E-state index in [0.717, 1.165) is 69.9 Å². The van der Waals surface area contributed by atoms with Crippen molar-refractivity contribution in [1.29, 1.82) is 0 Å². The molecule has 0 spiro atoms. The van der Waals surface area contributed by atoms with E-state index in [1.165, 1.54) is 53.3 Å². The van der Waals surface area contributed by atoms with Gasteiger partial charge in [0.05, 0.1) is 17.8 Å². The van der Waals surface area contributed by atoms with Crippen molar-refractivity contribution in [3.05, 3.63) is 60.1 Å². The molecule has 1 radical (unpaired) electrons. The van der Waals surface area contributed by atoms with Crippen LogP contribution in [-0.2, 0) is 19.4 Å². The molecular weight excluding hydrogens is 508 g/mol. The van der Waals surface area contributed by atoms with E-state index >= 15 is 0 Å². The van der Waals surface area contributed by atoms with Gasteiger partial charge in [-0.2, -0.15) is 9.97 Å². The zero-order valence-electron chi connectivity index (χ0n) is 24.4. The Kier molecular flexibility index (Phi) is 6.37. The maximum absolute atomic E-state index is 6.61. The molecule has 215 valence electrons. The number of fused-ring (bicyclic) bond motifs is 5. The second kappa shape index (κ2) is 10.1. The van der Waals surface area contributed by atoms with Gasteiger partial charge in [0.2, 0.25) is 0 Å². The van der Waals surface area contributed by atoms with Gasteiger partial charge in [-0.15, -0.1) is 0 Å². The molecule has 2 bridgehead atoms. The fourth-order valence-electron chi connectivity index (χ4n) is 8.66. The van der Waals surface area contributed by atoms with E-state index in [2.05, 4.69) is 70.3 Å². The molecule has 4 saturated heterocycles. The summed E-state index contributed by atoms with van der Waals surface area (Å²) in [6, 6.07) is 15.5. The number of benzene rings is 2. The maximum atomic E-state index is 6.61. The molecule has 7 heteroatoms. The number of hydrogen-bond donors (Lipinski definition) is 1. The van der Waals surface area contributed by atoms with Crippen molar-refractivity contribution in [2.75, 3.05) is 42.6 Å².